The number of hydrogen-bond donors (Lipinski definition) is 3. The molecule has 0 fully saturated rings. The molecule has 3 atom stereocenters. The van der Waals surface area contributed by atoms with Crippen molar-refractivity contribution in [3.05, 3.63) is 51.6 Å². The third-order valence-electron chi connectivity index (χ3n) is 10.00. The quantitative estimate of drug-likeness (QED) is 0.221. The molecule has 0 amide bonds. The first-order chi connectivity index (χ1) is 24.9. The first kappa shape index (κ1) is 40.5. The van der Waals surface area contributed by atoms with Gasteiger partial charge in [0.1, 0.15) is 17.2 Å². The van der Waals surface area contributed by atoms with Crippen LogP contribution in [0.15, 0.2) is 18.2 Å². The van der Waals surface area contributed by atoms with E-state index in [1.807, 2.05) is 0 Å². The molecular weight excluding hydrogens is 731 g/mol. The Morgan fingerprint density at radius 1 is 0.472 bits per heavy atom. The van der Waals surface area contributed by atoms with Crippen LogP contribution in [0.1, 0.15) is 111 Å². The maximum Gasteiger partial charge on any atom is 0.231 e. The highest BCUT2D eigenvalue weighted by atomic mass is 35.5. The van der Waals surface area contributed by atoms with Crippen molar-refractivity contribution in [2.75, 3.05) is 40.2 Å². The average molecular weight is 782 g/mol. The fourth-order valence-corrected chi connectivity index (χ4v) is 7.72. The van der Waals surface area contributed by atoms with E-state index in [0.29, 0.717) is 54.3 Å². The van der Waals surface area contributed by atoms with Crippen LogP contribution in [0.25, 0.3) is 0 Å². The van der Waals surface area contributed by atoms with E-state index in [1.165, 1.54) is 0 Å². The van der Waals surface area contributed by atoms with Crippen LogP contribution >= 0.6 is 24.8 Å². The van der Waals surface area contributed by atoms with Crippen molar-refractivity contribution in [2.24, 2.45) is 0 Å². The topological polar surface area (TPSA) is 144 Å². The van der Waals surface area contributed by atoms with Crippen LogP contribution in [0.2, 0.25) is 0 Å². The second-order valence-electron chi connectivity index (χ2n) is 13.3. The summed E-state index contributed by atoms with van der Waals surface area (Å²) in [5.74, 6) is 5.08. The number of aromatic hydroxyl groups is 3. The molecule has 0 aromatic heterocycles. The Bertz CT molecular complexity index is 1520. The summed E-state index contributed by atoms with van der Waals surface area (Å²) in [6, 6.07) is 4.94. The van der Waals surface area contributed by atoms with E-state index in [0.717, 1.165) is 108 Å². The average Bonchev–Trinajstić information content (AvgIpc) is 3.92. The lowest BCUT2D eigenvalue weighted by atomic mass is 9.93. The second-order valence-corrected chi connectivity index (χ2v) is 13.3. The van der Waals surface area contributed by atoms with Gasteiger partial charge in [-0.2, -0.15) is 0 Å². The van der Waals surface area contributed by atoms with Gasteiger partial charge in [-0.3, -0.25) is 0 Å². The van der Waals surface area contributed by atoms with Crippen molar-refractivity contribution >= 4 is 24.8 Å². The van der Waals surface area contributed by atoms with E-state index >= 15 is 0 Å². The van der Waals surface area contributed by atoms with E-state index in [1.54, 1.807) is 18.2 Å². The highest BCUT2D eigenvalue weighted by Crippen LogP contribution is 2.51. The molecule has 3 aromatic carbocycles. The smallest absolute Gasteiger partial charge is 0.231 e. The van der Waals surface area contributed by atoms with Crippen LogP contribution in [0.4, 0.5) is 0 Å². The number of fused-ring (bicyclic) bond motifs is 9. The van der Waals surface area contributed by atoms with Crippen molar-refractivity contribution in [2.45, 2.75) is 96.9 Å². The number of phenolic OH excluding ortho intramolecular Hbond substituents is 3. The summed E-state index contributed by atoms with van der Waals surface area (Å²) < 4.78 is 49.9. The number of benzene rings is 3. The van der Waals surface area contributed by atoms with Crippen molar-refractivity contribution in [3.8, 4) is 51.7 Å². The van der Waals surface area contributed by atoms with Crippen LogP contribution in [-0.2, 0) is 33.5 Å². The van der Waals surface area contributed by atoms with Crippen LogP contribution in [0.3, 0.4) is 0 Å². The van der Waals surface area contributed by atoms with Gasteiger partial charge in [-0.15, -0.1) is 24.8 Å². The van der Waals surface area contributed by atoms with Crippen molar-refractivity contribution in [3.63, 3.8) is 0 Å². The third kappa shape index (κ3) is 8.07. The molecule has 1 unspecified atom stereocenters. The van der Waals surface area contributed by atoms with Crippen molar-refractivity contribution < 1.29 is 58.0 Å². The Labute approximate surface area is 322 Å². The van der Waals surface area contributed by atoms with Gasteiger partial charge in [-0.1, -0.05) is 40.0 Å². The minimum absolute atomic E-state index is 0. The lowest BCUT2D eigenvalue weighted by Gasteiger charge is -2.27. The zero-order valence-corrected chi connectivity index (χ0v) is 32.0. The summed E-state index contributed by atoms with van der Waals surface area (Å²) in [4.78, 5) is 0. The molecule has 14 heteroatoms. The molecule has 9 rings (SSSR count). The van der Waals surface area contributed by atoms with E-state index in [2.05, 4.69) is 20.8 Å². The number of ether oxygens (including phenoxy) is 9. The van der Waals surface area contributed by atoms with Gasteiger partial charge in [0.2, 0.25) is 20.4 Å². The largest absolute Gasteiger partial charge is 0.508 e. The molecule has 0 aliphatic carbocycles. The Morgan fingerprint density at radius 2 is 0.755 bits per heavy atom. The van der Waals surface area contributed by atoms with Gasteiger partial charge in [-0.25, -0.2) is 0 Å². The number of rotatable bonds is 6. The van der Waals surface area contributed by atoms with Gasteiger partial charge in [0.15, 0.2) is 34.5 Å². The molecule has 12 nitrogen and oxygen atoms in total. The molecule has 0 saturated carbocycles. The van der Waals surface area contributed by atoms with Crippen LogP contribution < -0.4 is 28.4 Å². The number of phenols is 3. The molecule has 6 aliphatic rings. The minimum Gasteiger partial charge on any atom is -0.508 e. The summed E-state index contributed by atoms with van der Waals surface area (Å²) in [5.41, 5.74) is 5.85. The fraction of sp³-hybridized carbons (Fsp3) is 0.538. The number of halogens is 2. The molecule has 0 bridgehead atoms. The minimum atomic E-state index is 0. The SMILES string of the molecule is CCCC1OCCc2c(O)cc3c(c21)OCO3.CCC[C@@H]1OCCc2c(O)cc3c(c21)OCO3.CCC[C@H]1OCCc2c(O)cc3c(c21)OCO3.Cl.Cl. The lowest BCUT2D eigenvalue weighted by molar-refractivity contribution is 0.0330. The highest BCUT2D eigenvalue weighted by molar-refractivity contribution is 5.85. The van der Waals surface area contributed by atoms with Crippen molar-refractivity contribution in [1.82, 2.24) is 0 Å². The van der Waals surface area contributed by atoms with E-state index in [-0.39, 0.29) is 63.5 Å². The summed E-state index contributed by atoms with van der Waals surface area (Å²) >= 11 is 0. The van der Waals surface area contributed by atoms with E-state index in [9.17, 15) is 15.3 Å². The van der Waals surface area contributed by atoms with Crippen molar-refractivity contribution in [1.29, 1.82) is 0 Å². The first-order valence-electron chi connectivity index (χ1n) is 18.2. The van der Waals surface area contributed by atoms with Gasteiger partial charge >= 0.3 is 0 Å². The Kier molecular flexibility index (Phi) is 13.8. The summed E-state index contributed by atoms with van der Waals surface area (Å²) in [6.07, 6.45) is 8.18. The molecule has 6 heterocycles. The van der Waals surface area contributed by atoms with Crippen LogP contribution in [0.5, 0.6) is 51.7 Å². The summed E-state index contributed by atoms with van der Waals surface area (Å²) in [7, 11) is 0. The van der Waals surface area contributed by atoms with E-state index in [4.69, 9.17) is 42.6 Å². The maximum atomic E-state index is 10.0. The van der Waals surface area contributed by atoms with Gasteiger partial charge in [0, 0.05) is 51.6 Å². The molecule has 0 radical (unpaired) electrons. The van der Waals surface area contributed by atoms with Gasteiger partial charge in [0.05, 0.1) is 38.1 Å². The van der Waals surface area contributed by atoms with Gasteiger partial charge in [0.25, 0.3) is 0 Å². The van der Waals surface area contributed by atoms with Gasteiger partial charge in [-0.05, 0) is 38.5 Å². The molecular formula is C39H50Cl2O12. The summed E-state index contributed by atoms with van der Waals surface area (Å²) in [6.45, 7) is 9.02. The monoisotopic (exact) mass is 780 g/mol. The normalized spacial score (nSPS) is 20.5. The summed E-state index contributed by atoms with van der Waals surface area (Å²) in [5, 5.41) is 30.0. The van der Waals surface area contributed by atoms with E-state index < -0.39 is 0 Å². The molecule has 6 aliphatic heterocycles. The molecule has 53 heavy (non-hydrogen) atoms. The molecule has 3 N–H and O–H groups in total. The Balaban J connectivity index is 0.000000150. The zero-order valence-electron chi connectivity index (χ0n) is 30.4. The predicted molar refractivity (Wildman–Crippen MR) is 199 cm³/mol. The predicted octanol–water partition coefficient (Wildman–Crippen LogP) is 8.45. The van der Waals surface area contributed by atoms with Crippen LogP contribution in [0, 0.1) is 0 Å². The third-order valence-corrected chi connectivity index (χ3v) is 10.00. The van der Waals surface area contributed by atoms with Gasteiger partial charge < -0.3 is 58.0 Å². The first-order valence-corrected chi connectivity index (χ1v) is 18.2. The lowest BCUT2D eigenvalue weighted by Crippen LogP contribution is -2.17. The molecule has 292 valence electrons. The Hall–Kier alpha value is -3.68. The molecule has 3 aromatic rings. The fourth-order valence-electron chi connectivity index (χ4n) is 7.72. The molecule has 0 spiro atoms. The number of hydrogen-bond acceptors (Lipinski definition) is 12. The maximum absolute atomic E-state index is 10.0. The highest BCUT2D eigenvalue weighted by Gasteiger charge is 2.34. The molecule has 0 saturated heterocycles. The Morgan fingerprint density at radius 3 is 1.02 bits per heavy atom. The van der Waals surface area contributed by atoms with Crippen LogP contribution in [-0.4, -0.2) is 55.5 Å². The second kappa shape index (κ2) is 18.1. The standard InChI is InChI=1S/3C13H16O4.2ClH/c3*1-2-3-10-12-8(4-5-15-10)9(14)6-11-13(12)17-7-16-11;;/h3*6,10,14H,2-5,7H2,1H3;2*1H/t2*10-;;;/m10.../s1. The zero-order chi connectivity index (χ0) is 35.5.